The van der Waals surface area contributed by atoms with Gasteiger partial charge in [-0.3, -0.25) is 9.59 Å². The number of carbonyl (C=O) groups is 2. The molecular formula is C20H33N5O3. The molecule has 0 unspecified atom stereocenters. The minimum Gasteiger partial charge on any atom is -0.388 e. The van der Waals surface area contributed by atoms with E-state index in [9.17, 15) is 14.7 Å². The van der Waals surface area contributed by atoms with E-state index in [0.29, 0.717) is 32.5 Å². The number of aryl methyl sites for hydroxylation is 1. The lowest BCUT2D eigenvalue weighted by atomic mass is 9.93. The summed E-state index contributed by atoms with van der Waals surface area (Å²) in [5, 5.41) is 14.1. The van der Waals surface area contributed by atoms with Crippen molar-refractivity contribution in [3.63, 3.8) is 0 Å². The van der Waals surface area contributed by atoms with E-state index in [2.05, 4.69) is 15.2 Å². The van der Waals surface area contributed by atoms with Gasteiger partial charge in [-0.15, -0.1) is 0 Å². The zero-order chi connectivity index (χ0) is 20.0. The van der Waals surface area contributed by atoms with Crippen molar-refractivity contribution in [1.82, 2.24) is 24.7 Å². The number of carbonyl (C=O) groups excluding carboxylic acids is 2. The Morgan fingerprint density at radius 2 is 2.00 bits per heavy atom. The molecule has 156 valence electrons. The summed E-state index contributed by atoms with van der Waals surface area (Å²) >= 11 is 0. The van der Waals surface area contributed by atoms with Crippen LogP contribution >= 0.6 is 0 Å². The lowest BCUT2D eigenvalue weighted by molar-refractivity contribution is -0.131. The molecule has 0 bridgehead atoms. The lowest BCUT2D eigenvalue weighted by Crippen LogP contribution is -2.50. The number of rotatable bonds is 6. The average molecular weight is 392 g/mol. The Kier molecular flexibility index (Phi) is 7.07. The van der Waals surface area contributed by atoms with Crippen LogP contribution in [0, 0.1) is 0 Å². The van der Waals surface area contributed by atoms with Gasteiger partial charge in [-0.1, -0.05) is 0 Å². The fourth-order valence-corrected chi connectivity index (χ4v) is 4.33. The van der Waals surface area contributed by atoms with Gasteiger partial charge in [-0.05, 0) is 32.1 Å². The van der Waals surface area contributed by atoms with Gasteiger partial charge in [0.15, 0.2) is 0 Å². The first-order valence-corrected chi connectivity index (χ1v) is 10.4. The summed E-state index contributed by atoms with van der Waals surface area (Å²) in [6, 6.07) is 0.251. The summed E-state index contributed by atoms with van der Waals surface area (Å²) in [4.78, 5) is 31.9. The smallest absolute Gasteiger partial charge is 0.224 e. The van der Waals surface area contributed by atoms with E-state index in [1.165, 1.54) is 0 Å². The van der Waals surface area contributed by atoms with Crippen LogP contribution in [0.5, 0.6) is 0 Å². The van der Waals surface area contributed by atoms with E-state index in [0.717, 1.165) is 45.3 Å². The molecule has 28 heavy (non-hydrogen) atoms. The molecule has 2 aliphatic rings. The molecule has 2 saturated heterocycles. The van der Waals surface area contributed by atoms with Crippen molar-refractivity contribution in [2.75, 3.05) is 32.7 Å². The fraction of sp³-hybridized carbons (Fsp3) is 0.750. The first-order chi connectivity index (χ1) is 13.4. The molecule has 0 saturated carbocycles. The summed E-state index contributed by atoms with van der Waals surface area (Å²) in [7, 11) is 0. The highest BCUT2D eigenvalue weighted by Gasteiger charge is 2.34. The van der Waals surface area contributed by atoms with E-state index >= 15 is 0 Å². The maximum atomic E-state index is 12.5. The average Bonchev–Trinajstić information content (AvgIpc) is 3.10. The molecule has 3 heterocycles. The largest absolute Gasteiger partial charge is 0.388 e. The van der Waals surface area contributed by atoms with Crippen LogP contribution in [0.1, 0.15) is 45.4 Å². The molecule has 8 nitrogen and oxygen atoms in total. The number of aliphatic hydroxyl groups is 1. The normalized spacial score (nSPS) is 24.7. The quantitative estimate of drug-likeness (QED) is 0.742. The molecule has 1 aromatic heterocycles. The Morgan fingerprint density at radius 3 is 2.68 bits per heavy atom. The Labute approximate surface area is 166 Å². The molecule has 0 aromatic carbocycles. The van der Waals surface area contributed by atoms with Gasteiger partial charge in [0, 0.05) is 71.0 Å². The predicted octanol–water partition coefficient (Wildman–Crippen LogP) is 0.617. The van der Waals surface area contributed by atoms with Crippen LogP contribution in [0.3, 0.4) is 0 Å². The standard InChI is InChI=1S/C20H33N5O3/c1-17(26)22-18-3-10-23(11-4-18)15-20(28)6-2-9-25(13-7-20)19(27)5-12-24-14-8-21-16-24/h8,14,16,18,28H,2-7,9-13,15H2,1H3,(H,22,26)/t20-/m1/s1. The second-order valence-corrected chi connectivity index (χ2v) is 8.26. The predicted molar refractivity (Wildman–Crippen MR) is 106 cm³/mol. The number of imidazole rings is 1. The van der Waals surface area contributed by atoms with Gasteiger partial charge in [0.2, 0.25) is 11.8 Å². The zero-order valence-electron chi connectivity index (χ0n) is 16.8. The van der Waals surface area contributed by atoms with Gasteiger partial charge < -0.3 is 24.8 Å². The summed E-state index contributed by atoms with van der Waals surface area (Å²) < 4.78 is 1.91. The number of piperidine rings is 1. The van der Waals surface area contributed by atoms with Gasteiger partial charge in [-0.25, -0.2) is 4.98 Å². The fourth-order valence-electron chi connectivity index (χ4n) is 4.33. The highest BCUT2D eigenvalue weighted by atomic mass is 16.3. The van der Waals surface area contributed by atoms with E-state index in [1.54, 1.807) is 19.4 Å². The third-order valence-corrected chi connectivity index (χ3v) is 5.93. The SMILES string of the molecule is CC(=O)NC1CCN(C[C@@]2(O)CCCN(C(=O)CCn3ccnc3)CC2)CC1. The Hall–Kier alpha value is -1.93. The number of nitrogens with one attached hydrogen (secondary N) is 1. The summed E-state index contributed by atoms with van der Waals surface area (Å²) in [5.41, 5.74) is -0.736. The van der Waals surface area contributed by atoms with Crippen LogP contribution in [0.2, 0.25) is 0 Å². The number of β-amino-alcohol motifs (C(OH)–C–C–N with tert-alkyl or cyclic N) is 1. The molecule has 0 spiro atoms. The first-order valence-electron chi connectivity index (χ1n) is 10.4. The van der Waals surface area contributed by atoms with Crippen LogP contribution in [-0.4, -0.2) is 80.6 Å². The molecule has 0 radical (unpaired) electrons. The molecule has 2 N–H and O–H groups in total. The highest BCUT2D eigenvalue weighted by molar-refractivity contribution is 5.76. The van der Waals surface area contributed by atoms with Crippen LogP contribution < -0.4 is 5.32 Å². The molecule has 3 rings (SSSR count). The number of amides is 2. The van der Waals surface area contributed by atoms with Crippen molar-refractivity contribution >= 4 is 11.8 Å². The van der Waals surface area contributed by atoms with Crippen LogP contribution in [0.25, 0.3) is 0 Å². The van der Waals surface area contributed by atoms with E-state index in [1.807, 2.05) is 15.7 Å². The molecule has 2 aliphatic heterocycles. The topological polar surface area (TPSA) is 90.7 Å². The first kappa shape index (κ1) is 20.8. The summed E-state index contributed by atoms with van der Waals surface area (Å²) in [6.45, 7) is 5.96. The molecule has 1 atom stereocenters. The van der Waals surface area contributed by atoms with Crippen molar-refractivity contribution in [3.8, 4) is 0 Å². The highest BCUT2D eigenvalue weighted by Crippen LogP contribution is 2.25. The Morgan fingerprint density at radius 1 is 1.21 bits per heavy atom. The molecule has 1 aromatic rings. The molecule has 2 amide bonds. The summed E-state index contributed by atoms with van der Waals surface area (Å²) in [6.07, 6.45) is 9.80. The number of aromatic nitrogens is 2. The van der Waals surface area contributed by atoms with Crippen LogP contribution in [-0.2, 0) is 16.1 Å². The van der Waals surface area contributed by atoms with Crippen LogP contribution in [0.15, 0.2) is 18.7 Å². The zero-order valence-corrected chi connectivity index (χ0v) is 16.8. The van der Waals surface area contributed by atoms with Gasteiger partial charge >= 0.3 is 0 Å². The van der Waals surface area contributed by atoms with E-state index in [-0.39, 0.29) is 17.9 Å². The Balaban J connectivity index is 1.43. The number of hydrogen-bond donors (Lipinski definition) is 2. The van der Waals surface area contributed by atoms with Crippen molar-refractivity contribution in [3.05, 3.63) is 18.7 Å². The van der Waals surface area contributed by atoms with Gasteiger partial charge in [0.25, 0.3) is 0 Å². The number of likely N-dealkylation sites (tertiary alicyclic amines) is 2. The minimum atomic E-state index is -0.736. The second kappa shape index (κ2) is 9.52. The molecule has 0 aliphatic carbocycles. The third kappa shape index (κ3) is 6.04. The van der Waals surface area contributed by atoms with Crippen molar-refractivity contribution in [2.45, 2.75) is 63.6 Å². The van der Waals surface area contributed by atoms with Gasteiger partial charge in [0.05, 0.1) is 11.9 Å². The van der Waals surface area contributed by atoms with Crippen molar-refractivity contribution < 1.29 is 14.7 Å². The Bertz CT molecular complexity index is 642. The van der Waals surface area contributed by atoms with Gasteiger partial charge in [-0.2, -0.15) is 0 Å². The molecular weight excluding hydrogens is 358 g/mol. The van der Waals surface area contributed by atoms with Crippen LogP contribution in [0.4, 0.5) is 0 Å². The number of nitrogens with zero attached hydrogens (tertiary/aromatic N) is 4. The maximum absolute atomic E-state index is 12.5. The number of hydrogen-bond acceptors (Lipinski definition) is 5. The minimum absolute atomic E-state index is 0.0265. The van der Waals surface area contributed by atoms with Crippen molar-refractivity contribution in [1.29, 1.82) is 0 Å². The molecule has 8 heteroatoms. The monoisotopic (exact) mass is 391 g/mol. The van der Waals surface area contributed by atoms with E-state index < -0.39 is 5.60 Å². The van der Waals surface area contributed by atoms with Crippen molar-refractivity contribution in [2.24, 2.45) is 0 Å². The van der Waals surface area contributed by atoms with E-state index in [4.69, 9.17) is 0 Å². The maximum Gasteiger partial charge on any atom is 0.224 e. The summed E-state index contributed by atoms with van der Waals surface area (Å²) in [5.74, 6) is 0.174. The second-order valence-electron chi connectivity index (χ2n) is 8.26. The third-order valence-electron chi connectivity index (χ3n) is 5.93. The molecule has 2 fully saturated rings. The lowest BCUT2D eigenvalue weighted by Gasteiger charge is -2.38. The van der Waals surface area contributed by atoms with Gasteiger partial charge in [0.1, 0.15) is 0 Å².